The van der Waals surface area contributed by atoms with Gasteiger partial charge in [0.05, 0.1) is 0 Å². The summed E-state index contributed by atoms with van der Waals surface area (Å²) in [5.41, 5.74) is 0. The minimum atomic E-state index is -3.50. The van der Waals surface area contributed by atoms with Gasteiger partial charge >= 0.3 is 5.97 Å². The molecule has 1 aromatic heterocycles. The van der Waals surface area contributed by atoms with Gasteiger partial charge in [0.25, 0.3) is 10.0 Å². The van der Waals surface area contributed by atoms with E-state index in [0.717, 1.165) is 22.8 Å². The molecule has 1 aliphatic rings. The van der Waals surface area contributed by atoms with Crippen LogP contribution in [0.1, 0.15) is 9.67 Å². The van der Waals surface area contributed by atoms with E-state index in [1.54, 1.807) is 11.8 Å². The summed E-state index contributed by atoms with van der Waals surface area (Å²) in [7, 11) is -3.50. The van der Waals surface area contributed by atoms with Gasteiger partial charge in [-0.05, 0) is 12.1 Å². The Kier molecular flexibility index (Phi) is 3.76. The molecule has 5 nitrogen and oxygen atoms in total. The summed E-state index contributed by atoms with van der Waals surface area (Å²) in [6.07, 6.45) is 0. The minimum absolute atomic E-state index is 0.0509. The first kappa shape index (κ1) is 12.9. The van der Waals surface area contributed by atoms with Crippen molar-refractivity contribution in [3.63, 3.8) is 0 Å². The van der Waals surface area contributed by atoms with Gasteiger partial charge in [0.2, 0.25) is 0 Å². The quantitative estimate of drug-likeness (QED) is 0.906. The first-order valence-electron chi connectivity index (χ1n) is 4.93. The number of carboxylic acid groups (broad SMARTS) is 1. The Labute approximate surface area is 107 Å². The summed E-state index contributed by atoms with van der Waals surface area (Å²) in [4.78, 5) is 10.8. The maximum atomic E-state index is 12.2. The molecular weight excluding hydrogens is 282 g/mol. The maximum absolute atomic E-state index is 12.2. The van der Waals surface area contributed by atoms with Gasteiger partial charge in [-0.15, -0.1) is 11.3 Å². The van der Waals surface area contributed by atoms with E-state index in [0.29, 0.717) is 13.1 Å². The van der Waals surface area contributed by atoms with Crippen LogP contribution in [0.4, 0.5) is 0 Å². The van der Waals surface area contributed by atoms with Gasteiger partial charge in [0.15, 0.2) is 0 Å². The van der Waals surface area contributed by atoms with E-state index in [-0.39, 0.29) is 9.09 Å². The molecule has 0 radical (unpaired) electrons. The third-order valence-corrected chi connectivity index (χ3v) is 6.74. The topological polar surface area (TPSA) is 74.7 Å². The van der Waals surface area contributed by atoms with Gasteiger partial charge in [-0.3, -0.25) is 0 Å². The lowest BCUT2D eigenvalue weighted by Crippen LogP contribution is -2.37. The van der Waals surface area contributed by atoms with Crippen molar-refractivity contribution in [2.45, 2.75) is 4.21 Å². The predicted octanol–water partition coefficient (Wildman–Crippen LogP) is 1.18. The second kappa shape index (κ2) is 4.97. The fourth-order valence-electron chi connectivity index (χ4n) is 1.49. The van der Waals surface area contributed by atoms with E-state index in [9.17, 15) is 13.2 Å². The minimum Gasteiger partial charge on any atom is -0.477 e. The SMILES string of the molecule is O=C(O)c1ccc(S(=O)(=O)N2CCSCC2)s1. The summed E-state index contributed by atoms with van der Waals surface area (Å²) < 4.78 is 25.8. The molecule has 0 spiro atoms. The summed E-state index contributed by atoms with van der Waals surface area (Å²) >= 11 is 2.53. The van der Waals surface area contributed by atoms with Crippen LogP contribution in [-0.4, -0.2) is 48.4 Å². The van der Waals surface area contributed by atoms with Gasteiger partial charge in [-0.1, -0.05) is 0 Å². The Hall–Kier alpha value is -0.570. The van der Waals surface area contributed by atoms with Crippen molar-refractivity contribution in [2.75, 3.05) is 24.6 Å². The van der Waals surface area contributed by atoms with Crippen molar-refractivity contribution in [1.29, 1.82) is 0 Å². The summed E-state index contributed by atoms with van der Waals surface area (Å²) in [6, 6.07) is 2.70. The van der Waals surface area contributed by atoms with Crippen LogP contribution < -0.4 is 0 Å². The second-order valence-electron chi connectivity index (χ2n) is 3.44. The zero-order valence-corrected chi connectivity index (χ0v) is 11.3. The zero-order chi connectivity index (χ0) is 12.5. The molecule has 2 rings (SSSR count). The smallest absolute Gasteiger partial charge is 0.345 e. The molecule has 0 bridgehead atoms. The van der Waals surface area contributed by atoms with Gasteiger partial charge < -0.3 is 5.11 Å². The summed E-state index contributed by atoms with van der Waals surface area (Å²) in [6.45, 7) is 0.987. The van der Waals surface area contributed by atoms with E-state index in [2.05, 4.69) is 0 Å². The van der Waals surface area contributed by atoms with E-state index in [4.69, 9.17) is 5.11 Å². The Bertz CT molecular complexity index is 516. The Morgan fingerprint density at radius 2 is 1.94 bits per heavy atom. The third-order valence-electron chi connectivity index (χ3n) is 2.36. The molecule has 0 aromatic carbocycles. The summed E-state index contributed by atoms with van der Waals surface area (Å²) in [5, 5.41) is 8.77. The molecule has 1 aromatic rings. The molecule has 1 aliphatic heterocycles. The molecule has 0 saturated carbocycles. The molecule has 0 unspecified atom stereocenters. The van der Waals surface area contributed by atoms with E-state index in [1.807, 2.05) is 0 Å². The number of carbonyl (C=O) groups is 1. The van der Waals surface area contributed by atoms with Crippen molar-refractivity contribution < 1.29 is 18.3 Å². The number of thiophene rings is 1. The number of rotatable bonds is 3. The lowest BCUT2D eigenvalue weighted by Gasteiger charge is -2.24. The lowest BCUT2D eigenvalue weighted by molar-refractivity contribution is 0.0702. The van der Waals surface area contributed by atoms with Gasteiger partial charge in [-0.25, -0.2) is 13.2 Å². The third kappa shape index (κ3) is 2.65. The van der Waals surface area contributed by atoms with Crippen LogP contribution in [0.3, 0.4) is 0 Å². The lowest BCUT2D eigenvalue weighted by atomic mass is 10.5. The highest BCUT2D eigenvalue weighted by Crippen LogP contribution is 2.26. The molecule has 0 amide bonds. The predicted molar refractivity (Wildman–Crippen MR) is 67.4 cm³/mol. The molecule has 1 saturated heterocycles. The number of thioether (sulfide) groups is 1. The Morgan fingerprint density at radius 1 is 1.29 bits per heavy atom. The second-order valence-corrected chi connectivity index (χ2v) is 7.91. The highest BCUT2D eigenvalue weighted by atomic mass is 32.2. The van der Waals surface area contributed by atoms with E-state index >= 15 is 0 Å². The molecule has 0 aliphatic carbocycles. The zero-order valence-electron chi connectivity index (χ0n) is 8.83. The molecule has 0 atom stereocenters. The van der Waals surface area contributed by atoms with Gasteiger partial charge in [0.1, 0.15) is 9.09 Å². The number of hydrogen-bond acceptors (Lipinski definition) is 5. The Balaban J connectivity index is 2.27. The molecule has 17 heavy (non-hydrogen) atoms. The number of hydrogen-bond donors (Lipinski definition) is 1. The number of aromatic carboxylic acids is 1. The molecular formula is C9H11NO4S3. The monoisotopic (exact) mass is 293 g/mol. The van der Waals surface area contributed by atoms with Crippen molar-refractivity contribution in [3.05, 3.63) is 17.0 Å². The van der Waals surface area contributed by atoms with Gasteiger partial charge in [-0.2, -0.15) is 16.1 Å². The maximum Gasteiger partial charge on any atom is 0.345 e. The number of nitrogens with zero attached hydrogens (tertiary/aromatic N) is 1. The van der Waals surface area contributed by atoms with Gasteiger partial charge in [0, 0.05) is 24.6 Å². The van der Waals surface area contributed by atoms with Crippen molar-refractivity contribution in [1.82, 2.24) is 4.31 Å². The van der Waals surface area contributed by atoms with Crippen LogP contribution >= 0.6 is 23.1 Å². The number of sulfonamides is 1. The standard InChI is InChI=1S/C9H11NO4S3/c11-9(12)7-1-2-8(16-7)17(13,14)10-3-5-15-6-4-10/h1-2H,3-6H2,(H,11,12). The van der Waals surface area contributed by atoms with Crippen LogP contribution in [0.25, 0.3) is 0 Å². The highest BCUT2D eigenvalue weighted by molar-refractivity contribution is 7.99. The van der Waals surface area contributed by atoms with Crippen molar-refractivity contribution in [2.24, 2.45) is 0 Å². The number of carboxylic acids is 1. The van der Waals surface area contributed by atoms with Crippen LogP contribution in [0, 0.1) is 0 Å². The molecule has 94 valence electrons. The van der Waals surface area contributed by atoms with Crippen molar-refractivity contribution in [3.8, 4) is 0 Å². The summed E-state index contributed by atoms with van der Waals surface area (Å²) in [5.74, 6) is 0.484. The molecule has 1 fully saturated rings. The molecule has 2 heterocycles. The Morgan fingerprint density at radius 3 is 2.47 bits per heavy atom. The van der Waals surface area contributed by atoms with E-state index < -0.39 is 16.0 Å². The fraction of sp³-hybridized carbons (Fsp3) is 0.444. The normalized spacial score (nSPS) is 18.1. The fourth-order valence-corrected chi connectivity index (χ4v) is 5.36. The highest BCUT2D eigenvalue weighted by Gasteiger charge is 2.28. The van der Waals surface area contributed by atoms with Crippen LogP contribution in [0.2, 0.25) is 0 Å². The average molecular weight is 293 g/mol. The van der Waals surface area contributed by atoms with Crippen molar-refractivity contribution >= 4 is 39.1 Å². The van der Waals surface area contributed by atoms with E-state index in [1.165, 1.54) is 16.4 Å². The molecule has 1 N–H and O–H groups in total. The van der Waals surface area contributed by atoms with Crippen LogP contribution in [-0.2, 0) is 10.0 Å². The van der Waals surface area contributed by atoms with Crippen LogP contribution in [0.5, 0.6) is 0 Å². The van der Waals surface area contributed by atoms with Crippen LogP contribution in [0.15, 0.2) is 16.3 Å². The average Bonchev–Trinajstić information content (AvgIpc) is 2.80. The first-order valence-corrected chi connectivity index (χ1v) is 8.34. The first-order chi connectivity index (χ1) is 8.01. The largest absolute Gasteiger partial charge is 0.477 e. The molecule has 8 heteroatoms.